The number of carbonyl (C=O) groups excluding carboxylic acids is 1. The van der Waals surface area contributed by atoms with Gasteiger partial charge in [-0.05, 0) is 103 Å². The smallest absolute Gasteiger partial charge is 0.306 e. The summed E-state index contributed by atoms with van der Waals surface area (Å²) in [7, 11) is 0. The van der Waals surface area contributed by atoms with Crippen LogP contribution in [0.25, 0.3) is 0 Å². The number of aliphatic hydroxyl groups excluding tert-OH is 1. The van der Waals surface area contributed by atoms with E-state index < -0.39 is 0 Å². The molecule has 1 heterocycles. The molecule has 5 saturated carbocycles. The van der Waals surface area contributed by atoms with E-state index in [0.717, 1.165) is 18.3 Å². The number of carbonyl (C=O) groups is 1. The zero-order valence-corrected chi connectivity index (χ0v) is 18.0. The van der Waals surface area contributed by atoms with Gasteiger partial charge in [0, 0.05) is 5.92 Å². The topological polar surface area (TPSA) is 46.5 Å². The lowest BCUT2D eigenvalue weighted by Crippen LogP contribution is -2.56. The summed E-state index contributed by atoms with van der Waals surface area (Å²) in [6.45, 7) is 8.24. The first-order valence-corrected chi connectivity index (χ1v) is 12.1. The van der Waals surface area contributed by atoms with Crippen LogP contribution in [-0.4, -0.2) is 23.8 Å². The zero-order valence-electron chi connectivity index (χ0n) is 18.0. The molecule has 10 atom stereocenters. The summed E-state index contributed by atoms with van der Waals surface area (Å²) in [5.74, 6) is 3.28. The van der Waals surface area contributed by atoms with Gasteiger partial charge >= 0.3 is 5.97 Å². The van der Waals surface area contributed by atoms with Crippen LogP contribution in [0.2, 0.25) is 0 Å². The third-order valence-corrected chi connectivity index (χ3v) is 12.2. The number of esters is 1. The molecule has 6 rings (SSSR count). The molecule has 6 aliphatic rings. The first kappa shape index (κ1) is 18.2. The third kappa shape index (κ3) is 1.86. The summed E-state index contributed by atoms with van der Waals surface area (Å²) in [6.07, 6.45) is 12.5. The van der Waals surface area contributed by atoms with Gasteiger partial charge < -0.3 is 9.84 Å². The minimum atomic E-state index is -0.0648. The van der Waals surface area contributed by atoms with Crippen molar-refractivity contribution in [1.82, 2.24) is 0 Å². The number of hydrogen-bond donors (Lipinski definition) is 1. The molecular weight excluding hydrogens is 348 g/mol. The van der Waals surface area contributed by atoms with E-state index in [4.69, 9.17) is 4.74 Å². The van der Waals surface area contributed by atoms with Gasteiger partial charge in [-0.2, -0.15) is 0 Å². The second-order valence-corrected chi connectivity index (χ2v) is 12.3. The summed E-state index contributed by atoms with van der Waals surface area (Å²) in [5, 5.41) is 10.5. The van der Waals surface area contributed by atoms with Crippen molar-refractivity contribution in [2.24, 2.45) is 51.2 Å². The van der Waals surface area contributed by atoms with E-state index in [1.165, 1.54) is 51.4 Å². The van der Waals surface area contributed by atoms with E-state index in [1.807, 2.05) is 0 Å². The number of fused-ring (bicyclic) bond motifs is 2. The minimum Gasteiger partial charge on any atom is -0.465 e. The van der Waals surface area contributed by atoms with Crippen LogP contribution in [0.5, 0.6) is 0 Å². The largest absolute Gasteiger partial charge is 0.465 e. The van der Waals surface area contributed by atoms with Gasteiger partial charge in [0.05, 0.1) is 19.1 Å². The summed E-state index contributed by atoms with van der Waals surface area (Å²) in [4.78, 5) is 11.8. The Morgan fingerprint density at radius 1 is 0.929 bits per heavy atom. The highest BCUT2D eigenvalue weighted by molar-refractivity contribution is 5.71. The SMILES string of the molecule is C[C@@H]1[C@@H](O)CC[C@]23C[C@]24CC[C@]2(C)[C@@H]([C@@H]5COC(=O)C5)CC[C@@]2(C)[C@@H]4CC[C@@H]13. The first-order chi connectivity index (χ1) is 13.3. The highest BCUT2D eigenvalue weighted by Gasteiger charge is 2.81. The van der Waals surface area contributed by atoms with E-state index in [1.54, 1.807) is 0 Å². The fraction of sp³-hybridized carbons (Fsp3) is 0.960. The van der Waals surface area contributed by atoms with Crippen molar-refractivity contribution in [3.05, 3.63) is 0 Å². The van der Waals surface area contributed by atoms with E-state index in [9.17, 15) is 9.90 Å². The molecule has 0 aromatic heterocycles. The molecule has 3 nitrogen and oxygen atoms in total. The summed E-state index contributed by atoms with van der Waals surface area (Å²) in [6, 6.07) is 0. The van der Waals surface area contributed by atoms with Crippen molar-refractivity contribution in [2.75, 3.05) is 6.61 Å². The Morgan fingerprint density at radius 2 is 1.75 bits per heavy atom. The fourth-order valence-corrected chi connectivity index (χ4v) is 10.6. The molecule has 2 spiro atoms. The maximum Gasteiger partial charge on any atom is 0.306 e. The highest BCUT2D eigenvalue weighted by atomic mass is 16.5. The maximum absolute atomic E-state index is 11.8. The van der Waals surface area contributed by atoms with Crippen LogP contribution in [0.3, 0.4) is 0 Å². The van der Waals surface area contributed by atoms with Gasteiger partial charge in [0.25, 0.3) is 0 Å². The number of aliphatic hydroxyl groups is 1. The van der Waals surface area contributed by atoms with Crippen molar-refractivity contribution in [1.29, 1.82) is 0 Å². The van der Waals surface area contributed by atoms with Crippen LogP contribution in [0.1, 0.15) is 85.0 Å². The molecule has 0 radical (unpaired) electrons. The lowest BCUT2D eigenvalue weighted by molar-refractivity contribution is -0.143. The zero-order chi connectivity index (χ0) is 19.5. The summed E-state index contributed by atoms with van der Waals surface area (Å²) in [5.41, 5.74) is 1.94. The number of ether oxygens (including phenoxy) is 1. The van der Waals surface area contributed by atoms with Gasteiger partial charge in [0.1, 0.15) is 0 Å². The molecular formula is C25H38O3. The predicted octanol–water partition coefficient (Wildman–Crippen LogP) is 4.96. The Bertz CT molecular complexity index is 719. The summed E-state index contributed by atoms with van der Waals surface area (Å²) < 4.78 is 5.40. The standard InChI is InChI=1S/C25H38O3/c1-15-17-4-5-20-23(3)8-6-18(16-12-21(27)28-13-16)22(23,2)10-11-25(20)14-24(17,25)9-7-19(15)26/h15-20,26H,4-14H2,1-3H3/t15-,16-,17-,18+,19-,20-,22+,23-,24+,25-/m0/s1. The number of hydrogen-bond acceptors (Lipinski definition) is 3. The Morgan fingerprint density at radius 3 is 2.50 bits per heavy atom. The van der Waals surface area contributed by atoms with Gasteiger partial charge in [-0.25, -0.2) is 0 Å². The molecule has 156 valence electrons. The number of cyclic esters (lactones) is 1. The van der Waals surface area contributed by atoms with Crippen molar-refractivity contribution in [3.63, 3.8) is 0 Å². The van der Waals surface area contributed by atoms with Gasteiger partial charge in [-0.15, -0.1) is 0 Å². The Balaban J connectivity index is 1.34. The van der Waals surface area contributed by atoms with Gasteiger partial charge in [-0.1, -0.05) is 20.8 Å². The molecule has 0 bridgehead atoms. The van der Waals surface area contributed by atoms with Gasteiger partial charge in [-0.3, -0.25) is 4.79 Å². The van der Waals surface area contributed by atoms with Crippen LogP contribution in [-0.2, 0) is 9.53 Å². The van der Waals surface area contributed by atoms with Crippen molar-refractivity contribution < 1.29 is 14.6 Å². The molecule has 0 aromatic rings. The first-order valence-electron chi connectivity index (χ1n) is 12.1. The second-order valence-electron chi connectivity index (χ2n) is 12.3. The lowest BCUT2D eigenvalue weighted by Gasteiger charge is -2.62. The molecule has 1 aliphatic heterocycles. The lowest BCUT2D eigenvalue weighted by atomic mass is 9.43. The Hall–Kier alpha value is -0.570. The molecule has 0 unspecified atom stereocenters. The molecule has 28 heavy (non-hydrogen) atoms. The van der Waals surface area contributed by atoms with Crippen molar-refractivity contribution in [2.45, 2.75) is 91.1 Å². The molecule has 3 heteroatoms. The molecule has 0 amide bonds. The molecule has 0 aromatic carbocycles. The molecule has 5 aliphatic carbocycles. The monoisotopic (exact) mass is 386 g/mol. The van der Waals surface area contributed by atoms with E-state index in [2.05, 4.69) is 20.8 Å². The minimum absolute atomic E-state index is 0.0332. The molecule has 6 fully saturated rings. The fourth-order valence-electron chi connectivity index (χ4n) is 10.6. The van der Waals surface area contributed by atoms with Crippen LogP contribution in [0.4, 0.5) is 0 Å². The predicted molar refractivity (Wildman–Crippen MR) is 107 cm³/mol. The quantitative estimate of drug-likeness (QED) is 0.648. The van der Waals surface area contributed by atoms with Gasteiger partial charge in [0.15, 0.2) is 0 Å². The van der Waals surface area contributed by atoms with Crippen LogP contribution in [0.15, 0.2) is 0 Å². The maximum atomic E-state index is 11.8. The van der Waals surface area contributed by atoms with E-state index in [-0.39, 0.29) is 12.1 Å². The van der Waals surface area contributed by atoms with E-state index >= 15 is 0 Å². The van der Waals surface area contributed by atoms with Crippen molar-refractivity contribution >= 4 is 5.97 Å². The van der Waals surface area contributed by atoms with Crippen molar-refractivity contribution in [3.8, 4) is 0 Å². The van der Waals surface area contributed by atoms with Gasteiger partial charge in [0.2, 0.25) is 0 Å². The second kappa shape index (κ2) is 5.37. The van der Waals surface area contributed by atoms with E-state index in [0.29, 0.717) is 52.4 Å². The van der Waals surface area contributed by atoms with Crippen LogP contribution >= 0.6 is 0 Å². The third-order valence-electron chi connectivity index (χ3n) is 12.2. The summed E-state index contributed by atoms with van der Waals surface area (Å²) >= 11 is 0. The number of rotatable bonds is 1. The molecule has 1 saturated heterocycles. The Kier molecular flexibility index (Phi) is 3.49. The highest BCUT2D eigenvalue weighted by Crippen LogP contribution is 2.88. The van der Waals surface area contributed by atoms with Crippen LogP contribution in [0, 0.1) is 51.2 Å². The van der Waals surface area contributed by atoms with Crippen LogP contribution < -0.4 is 0 Å². The average Bonchev–Trinajstić information content (AvgIpc) is 3.00. The average molecular weight is 387 g/mol. The molecule has 1 N–H and O–H groups in total. The Labute approximate surface area is 170 Å². The normalized spacial score (nSPS) is 62.4.